The van der Waals surface area contributed by atoms with E-state index in [-0.39, 0.29) is 18.0 Å². The molecule has 1 heterocycles. The standard InChI is InChI=1S/C16H22F2N2.ClH/c17-16(18)12-4-1-3-11(7-12)8-20-9-13-5-2-6-15(19)14(13)10-20;/h1,3-4,7,13-16H,2,5-6,8-10,19H2;1H. The summed E-state index contributed by atoms with van der Waals surface area (Å²) in [7, 11) is 0. The van der Waals surface area contributed by atoms with Crippen molar-refractivity contribution in [1.29, 1.82) is 0 Å². The van der Waals surface area contributed by atoms with Gasteiger partial charge in [-0.2, -0.15) is 0 Å². The number of hydrogen-bond donors (Lipinski definition) is 1. The van der Waals surface area contributed by atoms with Crippen LogP contribution in [-0.2, 0) is 6.54 Å². The van der Waals surface area contributed by atoms with E-state index in [4.69, 9.17) is 5.73 Å². The highest BCUT2D eigenvalue weighted by Crippen LogP contribution is 2.36. The van der Waals surface area contributed by atoms with Crippen LogP contribution in [0.25, 0.3) is 0 Å². The van der Waals surface area contributed by atoms with Crippen molar-refractivity contribution >= 4 is 12.4 Å². The van der Waals surface area contributed by atoms with Gasteiger partial charge in [-0.15, -0.1) is 12.4 Å². The summed E-state index contributed by atoms with van der Waals surface area (Å²) < 4.78 is 25.4. The van der Waals surface area contributed by atoms with E-state index < -0.39 is 6.43 Å². The molecule has 2 fully saturated rings. The van der Waals surface area contributed by atoms with E-state index in [0.29, 0.717) is 17.9 Å². The Kier molecular flexibility index (Phi) is 5.58. The molecule has 118 valence electrons. The number of fused-ring (bicyclic) bond motifs is 1. The Balaban J connectivity index is 0.00000161. The third kappa shape index (κ3) is 3.74. The van der Waals surface area contributed by atoms with Crippen LogP contribution in [0.3, 0.4) is 0 Å². The van der Waals surface area contributed by atoms with Crippen LogP contribution >= 0.6 is 12.4 Å². The minimum absolute atomic E-state index is 0. The van der Waals surface area contributed by atoms with Gasteiger partial charge in [0.2, 0.25) is 0 Å². The fraction of sp³-hybridized carbons (Fsp3) is 0.625. The molecule has 0 amide bonds. The third-order valence-electron chi connectivity index (χ3n) is 4.84. The Morgan fingerprint density at radius 2 is 2.05 bits per heavy atom. The lowest BCUT2D eigenvalue weighted by Crippen LogP contribution is -2.38. The fourth-order valence-electron chi connectivity index (χ4n) is 3.82. The number of nitrogens with two attached hydrogens (primary N) is 1. The van der Waals surface area contributed by atoms with Gasteiger partial charge in [-0.25, -0.2) is 8.78 Å². The Bertz CT molecular complexity index is 469. The smallest absolute Gasteiger partial charge is 0.263 e. The average molecular weight is 317 g/mol. The molecule has 2 nitrogen and oxygen atoms in total. The van der Waals surface area contributed by atoms with Gasteiger partial charge in [-0.05, 0) is 36.3 Å². The van der Waals surface area contributed by atoms with Gasteiger partial charge < -0.3 is 5.73 Å². The van der Waals surface area contributed by atoms with Crippen molar-refractivity contribution < 1.29 is 8.78 Å². The summed E-state index contributed by atoms with van der Waals surface area (Å²) >= 11 is 0. The number of halogens is 3. The van der Waals surface area contributed by atoms with Gasteiger partial charge in [0.15, 0.2) is 0 Å². The molecule has 2 aliphatic rings. The van der Waals surface area contributed by atoms with Gasteiger partial charge in [0, 0.05) is 31.2 Å². The van der Waals surface area contributed by atoms with Gasteiger partial charge >= 0.3 is 0 Å². The van der Waals surface area contributed by atoms with E-state index in [9.17, 15) is 8.78 Å². The zero-order valence-electron chi connectivity index (χ0n) is 12.1. The molecule has 1 aliphatic heterocycles. The maximum Gasteiger partial charge on any atom is 0.263 e. The summed E-state index contributed by atoms with van der Waals surface area (Å²) in [6.45, 7) is 2.85. The van der Waals surface area contributed by atoms with Crippen LogP contribution in [0.5, 0.6) is 0 Å². The van der Waals surface area contributed by atoms with Gasteiger partial charge in [-0.3, -0.25) is 4.90 Å². The average Bonchev–Trinajstić information content (AvgIpc) is 2.83. The van der Waals surface area contributed by atoms with Gasteiger partial charge in [0.1, 0.15) is 0 Å². The highest BCUT2D eigenvalue weighted by Gasteiger charge is 2.38. The molecule has 1 saturated carbocycles. The zero-order valence-corrected chi connectivity index (χ0v) is 12.9. The first-order chi connectivity index (χ1) is 9.63. The highest BCUT2D eigenvalue weighted by molar-refractivity contribution is 5.85. The minimum Gasteiger partial charge on any atom is -0.327 e. The molecule has 1 saturated heterocycles. The highest BCUT2D eigenvalue weighted by atomic mass is 35.5. The number of alkyl halides is 2. The summed E-state index contributed by atoms with van der Waals surface area (Å²) in [4.78, 5) is 2.38. The van der Waals surface area contributed by atoms with E-state index >= 15 is 0 Å². The molecule has 3 unspecified atom stereocenters. The number of benzene rings is 1. The lowest BCUT2D eigenvalue weighted by molar-refractivity contribution is 0.151. The van der Waals surface area contributed by atoms with E-state index in [1.165, 1.54) is 18.9 Å². The molecule has 0 radical (unpaired) electrons. The van der Waals surface area contributed by atoms with Crippen LogP contribution in [0.4, 0.5) is 8.78 Å². The Morgan fingerprint density at radius 1 is 1.24 bits per heavy atom. The molecule has 3 atom stereocenters. The predicted octanol–water partition coefficient (Wildman–Crippen LogP) is 3.61. The molecular formula is C16H23ClF2N2. The normalized spacial score (nSPS) is 29.2. The van der Waals surface area contributed by atoms with Gasteiger partial charge in [-0.1, -0.05) is 24.6 Å². The molecule has 5 heteroatoms. The first-order valence-electron chi connectivity index (χ1n) is 7.48. The second-order valence-corrected chi connectivity index (χ2v) is 6.26. The fourth-order valence-corrected chi connectivity index (χ4v) is 3.82. The van der Waals surface area contributed by atoms with Gasteiger partial charge in [0.25, 0.3) is 6.43 Å². The molecule has 0 bridgehead atoms. The lowest BCUT2D eigenvalue weighted by Gasteiger charge is -2.29. The van der Waals surface area contributed by atoms with Crippen molar-refractivity contribution in [3.63, 3.8) is 0 Å². The molecule has 1 aromatic rings. The molecule has 1 aromatic carbocycles. The second kappa shape index (κ2) is 7.03. The molecule has 0 aromatic heterocycles. The van der Waals surface area contributed by atoms with E-state index in [2.05, 4.69) is 4.90 Å². The number of rotatable bonds is 3. The monoisotopic (exact) mass is 316 g/mol. The molecule has 0 spiro atoms. The molecular weight excluding hydrogens is 294 g/mol. The minimum atomic E-state index is -2.38. The number of nitrogens with zero attached hydrogens (tertiary/aromatic N) is 1. The maximum atomic E-state index is 12.7. The molecule has 21 heavy (non-hydrogen) atoms. The SMILES string of the molecule is Cl.NC1CCCC2CN(Cc3cccc(C(F)F)c3)CC12. The van der Waals surface area contributed by atoms with Crippen molar-refractivity contribution in [2.24, 2.45) is 17.6 Å². The van der Waals surface area contributed by atoms with Crippen molar-refractivity contribution in [1.82, 2.24) is 4.90 Å². The molecule has 1 aliphatic carbocycles. The van der Waals surface area contributed by atoms with Gasteiger partial charge in [0.05, 0.1) is 0 Å². The number of hydrogen-bond acceptors (Lipinski definition) is 2. The quantitative estimate of drug-likeness (QED) is 0.923. The first kappa shape index (κ1) is 16.7. The van der Waals surface area contributed by atoms with Crippen LogP contribution in [-0.4, -0.2) is 24.0 Å². The topological polar surface area (TPSA) is 29.3 Å². The van der Waals surface area contributed by atoms with E-state index in [0.717, 1.165) is 31.6 Å². The van der Waals surface area contributed by atoms with E-state index in [1.807, 2.05) is 6.07 Å². The van der Waals surface area contributed by atoms with Crippen LogP contribution in [0, 0.1) is 11.8 Å². The largest absolute Gasteiger partial charge is 0.327 e. The Hall–Kier alpha value is -0.710. The molecule has 2 N–H and O–H groups in total. The van der Waals surface area contributed by atoms with Crippen molar-refractivity contribution in [2.75, 3.05) is 13.1 Å². The Morgan fingerprint density at radius 3 is 2.76 bits per heavy atom. The van der Waals surface area contributed by atoms with Crippen molar-refractivity contribution in [3.8, 4) is 0 Å². The third-order valence-corrected chi connectivity index (χ3v) is 4.84. The Labute approximate surface area is 131 Å². The summed E-state index contributed by atoms with van der Waals surface area (Å²) in [6, 6.07) is 7.12. The zero-order chi connectivity index (χ0) is 14.1. The first-order valence-corrected chi connectivity index (χ1v) is 7.48. The van der Waals surface area contributed by atoms with E-state index in [1.54, 1.807) is 12.1 Å². The predicted molar refractivity (Wildman–Crippen MR) is 82.7 cm³/mol. The summed E-state index contributed by atoms with van der Waals surface area (Å²) in [5.74, 6) is 1.30. The van der Waals surface area contributed by atoms with Crippen molar-refractivity contribution in [2.45, 2.75) is 38.3 Å². The second-order valence-electron chi connectivity index (χ2n) is 6.26. The summed E-state index contributed by atoms with van der Waals surface area (Å²) in [5, 5.41) is 0. The van der Waals surface area contributed by atoms with Crippen LogP contribution in [0.1, 0.15) is 36.8 Å². The lowest BCUT2D eigenvalue weighted by atomic mass is 9.78. The summed E-state index contributed by atoms with van der Waals surface area (Å²) in [5.41, 5.74) is 7.32. The van der Waals surface area contributed by atoms with Crippen LogP contribution in [0.15, 0.2) is 24.3 Å². The van der Waals surface area contributed by atoms with Crippen molar-refractivity contribution in [3.05, 3.63) is 35.4 Å². The van der Waals surface area contributed by atoms with Crippen LogP contribution < -0.4 is 5.73 Å². The van der Waals surface area contributed by atoms with Crippen LogP contribution in [0.2, 0.25) is 0 Å². The summed E-state index contributed by atoms with van der Waals surface area (Å²) in [6.07, 6.45) is 1.25. The molecule has 3 rings (SSSR count). The maximum absolute atomic E-state index is 12.7. The number of likely N-dealkylation sites (tertiary alicyclic amines) is 1.